The number of aromatic nitrogens is 2. The first-order valence-corrected chi connectivity index (χ1v) is 9.81. The molecule has 2 aliphatic rings. The number of hydrogen-bond donors (Lipinski definition) is 0. The molecule has 0 aliphatic carbocycles. The molecular formula is C21H24N4O4. The highest BCUT2D eigenvalue weighted by atomic mass is 16.5. The van der Waals surface area contributed by atoms with Crippen LogP contribution in [0.4, 0.5) is 0 Å². The van der Waals surface area contributed by atoms with Crippen LogP contribution in [0, 0.1) is 6.92 Å². The lowest BCUT2D eigenvalue weighted by molar-refractivity contribution is -0.155. The van der Waals surface area contributed by atoms with Gasteiger partial charge in [0.05, 0.1) is 18.8 Å². The summed E-state index contributed by atoms with van der Waals surface area (Å²) in [5, 5.41) is 4.11. The van der Waals surface area contributed by atoms with Gasteiger partial charge >= 0.3 is 0 Å². The van der Waals surface area contributed by atoms with Crippen molar-refractivity contribution in [1.82, 2.24) is 19.6 Å². The van der Waals surface area contributed by atoms with E-state index in [-0.39, 0.29) is 30.5 Å². The van der Waals surface area contributed by atoms with Gasteiger partial charge in [0, 0.05) is 25.7 Å². The van der Waals surface area contributed by atoms with Crippen molar-refractivity contribution in [2.45, 2.75) is 32.5 Å². The Kier molecular flexibility index (Phi) is 5.44. The van der Waals surface area contributed by atoms with Crippen molar-refractivity contribution in [3.8, 4) is 0 Å². The van der Waals surface area contributed by atoms with Gasteiger partial charge in [-0.2, -0.15) is 5.10 Å². The van der Waals surface area contributed by atoms with E-state index in [0.29, 0.717) is 31.9 Å². The van der Waals surface area contributed by atoms with E-state index in [0.717, 1.165) is 16.7 Å². The molecule has 8 heteroatoms. The van der Waals surface area contributed by atoms with Gasteiger partial charge in [-0.1, -0.05) is 24.3 Å². The average molecular weight is 396 g/mol. The number of carbonyl (C=O) groups is 2. The molecule has 29 heavy (non-hydrogen) atoms. The van der Waals surface area contributed by atoms with E-state index in [2.05, 4.69) is 11.2 Å². The Morgan fingerprint density at radius 2 is 1.90 bits per heavy atom. The minimum atomic E-state index is -0.680. The fourth-order valence-corrected chi connectivity index (χ4v) is 3.81. The summed E-state index contributed by atoms with van der Waals surface area (Å²) in [5.41, 5.74) is 2.77. The molecule has 1 atom stereocenters. The van der Waals surface area contributed by atoms with Crippen LogP contribution < -0.4 is 5.56 Å². The van der Waals surface area contributed by atoms with E-state index in [1.807, 2.05) is 18.2 Å². The van der Waals surface area contributed by atoms with Gasteiger partial charge < -0.3 is 14.5 Å². The molecule has 0 spiro atoms. The van der Waals surface area contributed by atoms with Crippen molar-refractivity contribution in [2.24, 2.45) is 0 Å². The third-order valence-electron chi connectivity index (χ3n) is 5.42. The number of fused-ring (bicyclic) bond motifs is 1. The summed E-state index contributed by atoms with van der Waals surface area (Å²) < 4.78 is 6.84. The van der Waals surface area contributed by atoms with Crippen molar-refractivity contribution >= 4 is 11.8 Å². The monoisotopic (exact) mass is 396 g/mol. The second-order valence-electron chi connectivity index (χ2n) is 7.45. The van der Waals surface area contributed by atoms with Gasteiger partial charge in [0.2, 0.25) is 5.91 Å². The molecule has 152 valence electrons. The zero-order valence-corrected chi connectivity index (χ0v) is 16.4. The summed E-state index contributed by atoms with van der Waals surface area (Å²) in [6, 6.07) is 11.1. The summed E-state index contributed by atoms with van der Waals surface area (Å²) in [6.45, 7) is 3.71. The summed E-state index contributed by atoms with van der Waals surface area (Å²) >= 11 is 0. The Morgan fingerprint density at radius 1 is 1.10 bits per heavy atom. The summed E-state index contributed by atoms with van der Waals surface area (Å²) in [4.78, 5) is 41.0. The minimum absolute atomic E-state index is 0.0946. The van der Waals surface area contributed by atoms with Crippen molar-refractivity contribution in [2.75, 3.05) is 26.2 Å². The van der Waals surface area contributed by atoms with Crippen molar-refractivity contribution < 1.29 is 14.3 Å². The molecule has 1 aromatic carbocycles. The summed E-state index contributed by atoms with van der Waals surface area (Å²) in [5.74, 6) is -0.335. The van der Waals surface area contributed by atoms with Gasteiger partial charge in [-0.05, 0) is 30.5 Å². The van der Waals surface area contributed by atoms with Crippen LogP contribution in [-0.2, 0) is 33.8 Å². The molecule has 8 nitrogen and oxygen atoms in total. The Bertz CT molecular complexity index is 987. The van der Waals surface area contributed by atoms with E-state index in [4.69, 9.17) is 4.74 Å². The number of rotatable bonds is 3. The van der Waals surface area contributed by atoms with Crippen molar-refractivity contribution in [3.05, 3.63) is 63.6 Å². The standard InChI is InChI=1S/C21H24N4O4/c1-15-6-7-19(26)25(22-15)14-20(27)23-10-11-29-18(13-23)21(28)24-9-8-16-4-2-3-5-17(16)12-24/h2-7,18H,8-14H2,1H3/t18-/m0/s1. The molecule has 2 amide bonds. The molecule has 0 N–H and O–H groups in total. The maximum Gasteiger partial charge on any atom is 0.267 e. The molecule has 0 radical (unpaired) electrons. The van der Waals surface area contributed by atoms with Crippen LogP contribution in [0.25, 0.3) is 0 Å². The lowest BCUT2D eigenvalue weighted by Gasteiger charge is -2.36. The molecule has 2 aliphatic heterocycles. The van der Waals surface area contributed by atoms with Gasteiger partial charge in [-0.25, -0.2) is 4.68 Å². The quantitative estimate of drug-likeness (QED) is 0.748. The maximum atomic E-state index is 13.0. The predicted molar refractivity (Wildman–Crippen MR) is 105 cm³/mol. The largest absolute Gasteiger partial charge is 0.365 e. The van der Waals surface area contributed by atoms with Crippen molar-refractivity contribution in [3.63, 3.8) is 0 Å². The molecule has 1 aromatic heterocycles. The van der Waals surface area contributed by atoms with Crippen molar-refractivity contribution in [1.29, 1.82) is 0 Å². The van der Waals surface area contributed by atoms with Crippen LogP contribution >= 0.6 is 0 Å². The smallest absolute Gasteiger partial charge is 0.267 e. The van der Waals surface area contributed by atoms with Crippen LogP contribution in [0.5, 0.6) is 0 Å². The van der Waals surface area contributed by atoms with Gasteiger partial charge in [-0.15, -0.1) is 0 Å². The number of aryl methyl sites for hydroxylation is 1. The molecule has 0 unspecified atom stereocenters. The van der Waals surface area contributed by atoms with E-state index < -0.39 is 6.10 Å². The second-order valence-corrected chi connectivity index (χ2v) is 7.45. The number of hydrogen-bond acceptors (Lipinski definition) is 5. The minimum Gasteiger partial charge on any atom is -0.365 e. The van der Waals surface area contributed by atoms with Crippen LogP contribution in [0.1, 0.15) is 16.8 Å². The molecule has 0 bridgehead atoms. The fourth-order valence-electron chi connectivity index (χ4n) is 3.81. The highest BCUT2D eigenvalue weighted by Gasteiger charge is 2.33. The van der Waals surface area contributed by atoms with Gasteiger partial charge in [0.1, 0.15) is 6.54 Å². The first-order chi connectivity index (χ1) is 14.0. The molecule has 1 fully saturated rings. The van der Waals surface area contributed by atoms with Gasteiger partial charge in [-0.3, -0.25) is 14.4 Å². The molecule has 1 saturated heterocycles. The van der Waals surface area contributed by atoms with E-state index in [9.17, 15) is 14.4 Å². The Balaban J connectivity index is 1.40. The second kappa shape index (κ2) is 8.16. The molecule has 3 heterocycles. The van der Waals surface area contributed by atoms with Crippen LogP contribution in [-0.4, -0.2) is 63.7 Å². The Labute approximate surface area is 168 Å². The first kappa shape index (κ1) is 19.3. The number of carbonyl (C=O) groups excluding carboxylic acids is 2. The van der Waals surface area contributed by atoms with Gasteiger partial charge in [0.25, 0.3) is 11.5 Å². The average Bonchev–Trinajstić information content (AvgIpc) is 2.75. The molecule has 0 saturated carbocycles. The van der Waals surface area contributed by atoms with Crippen LogP contribution in [0.15, 0.2) is 41.2 Å². The topological polar surface area (TPSA) is 84.7 Å². The maximum absolute atomic E-state index is 13.0. The molecule has 2 aromatic rings. The third kappa shape index (κ3) is 4.22. The number of benzene rings is 1. The Hall–Kier alpha value is -3.00. The number of ether oxygens (including phenoxy) is 1. The van der Waals surface area contributed by atoms with Crippen LogP contribution in [0.2, 0.25) is 0 Å². The fraction of sp³-hybridized carbons (Fsp3) is 0.429. The molecular weight excluding hydrogens is 372 g/mol. The lowest BCUT2D eigenvalue weighted by Crippen LogP contribution is -2.54. The van der Waals surface area contributed by atoms with E-state index in [1.165, 1.54) is 11.6 Å². The molecule has 4 rings (SSSR count). The highest BCUT2D eigenvalue weighted by molar-refractivity contribution is 5.83. The predicted octanol–water partition coefficient (Wildman–Crippen LogP) is 0.364. The number of nitrogens with zero attached hydrogens (tertiary/aromatic N) is 4. The van der Waals surface area contributed by atoms with Crippen LogP contribution in [0.3, 0.4) is 0 Å². The Morgan fingerprint density at radius 3 is 2.72 bits per heavy atom. The summed E-state index contributed by atoms with van der Waals surface area (Å²) in [7, 11) is 0. The normalized spacial score (nSPS) is 19.0. The third-order valence-corrected chi connectivity index (χ3v) is 5.42. The highest BCUT2D eigenvalue weighted by Crippen LogP contribution is 2.20. The van der Waals surface area contributed by atoms with Gasteiger partial charge in [0.15, 0.2) is 6.10 Å². The SMILES string of the molecule is Cc1ccc(=O)n(CC(=O)N2CCO[C@H](C(=O)N3CCc4ccccc4C3)C2)n1. The zero-order chi connectivity index (χ0) is 20.4. The zero-order valence-electron chi connectivity index (χ0n) is 16.4. The summed E-state index contributed by atoms with van der Waals surface area (Å²) in [6.07, 6.45) is 0.138. The number of morpholine rings is 1. The van der Waals surface area contributed by atoms with E-state index >= 15 is 0 Å². The number of amides is 2. The van der Waals surface area contributed by atoms with E-state index in [1.54, 1.807) is 22.8 Å². The lowest BCUT2D eigenvalue weighted by atomic mass is 9.99. The first-order valence-electron chi connectivity index (χ1n) is 9.81.